The minimum absolute atomic E-state index is 0.0112. The first-order chi connectivity index (χ1) is 18.1. The fourth-order valence-corrected chi connectivity index (χ4v) is 6.09. The van der Waals surface area contributed by atoms with E-state index in [-0.39, 0.29) is 35.8 Å². The number of H-pyrrole nitrogens is 1. The van der Waals surface area contributed by atoms with E-state index in [9.17, 15) is 9.90 Å². The average molecular weight is 505 g/mol. The lowest BCUT2D eigenvalue weighted by Gasteiger charge is -2.48. The van der Waals surface area contributed by atoms with Crippen LogP contribution in [0, 0.1) is 0 Å². The molecule has 3 saturated heterocycles. The van der Waals surface area contributed by atoms with E-state index in [1.54, 1.807) is 12.1 Å². The van der Waals surface area contributed by atoms with Crippen molar-refractivity contribution in [3.63, 3.8) is 0 Å². The second-order valence-electron chi connectivity index (χ2n) is 10.1. The van der Waals surface area contributed by atoms with Gasteiger partial charge in [0.25, 0.3) is 0 Å². The SMILES string of the molecule is C=CC(=O)N1[C@@H]2COC[C@H]1CC(c1[nH]c3nnc(-c4ccccc4O)cc3c1CCO[C@@H]1CCOC1)C2. The summed E-state index contributed by atoms with van der Waals surface area (Å²) in [5, 5.41) is 20.3. The summed E-state index contributed by atoms with van der Waals surface area (Å²) < 4.78 is 17.4. The minimum Gasteiger partial charge on any atom is -0.507 e. The molecule has 0 spiro atoms. The number of para-hydroxylation sites is 1. The van der Waals surface area contributed by atoms with Gasteiger partial charge in [-0.15, -0.1) is 10.2 Å². The Morgan fingerprint density at radius 1 is 1.19 bits per heavy atom. The number of aromatic amines is 1. The average Bonchev–Trinajstić information content (AvgIpc) is 3.56. The van der Waals surface area contributed by atoms with Gasteiger partial charge in [0.2, 0.25) is 5.91 Å². The zero-order chi connectivity index (χ0) is 25.4. The molecule has 5 heterocycles. The number of ether oxygens (including phenoxy) is 3. The van der Waals surface area contributed by atoms with E-state index in [0.29, 0.717) is 37.7 Å². The van der Waals surface area contributed by atoms with Crippen molar-refractivity contribution in [2.45, 2.75) is 49.8 Å². The van der Waals surface area contributed by atoms with E-state index in [2.05, 4.69) is 21.8 Å². The van der Waals surface area contributed by atoms with Gasteiger partial charge in [-0.2, -0.15) is 0 Å². The minimum atomic E-state index is -0.0287. The molecule has 2 bridgehead atoms. The summed E-state index contributed by atoms with van der Waals surface area (Å²) in [5.74, 6) is 0.365. The number of phenolic OH excluding ortho intramolecular Hbond substituents is 1. The maximum atomic E-state index is 12.6. The first kappa shape index (κ1) is 24.1. The van der Waals surface area contributed by atoms with Crippen LogP contribution in [0.3, 0.4) is 0 Å². The van der Waals surface area contributed by atoms with Crippen LogP contribution in [0.25, 0.3) is 22.3 Å². The van der Waals surface area contributed by atoms with E-state index in [0.717, 1.165) is 54.6 Å². The number of hydrogen-bond donors (Lipinski definition) is 2. The number of carbonyl (C=O) groups is 1. The molecule has 3 fully saturated rings. The molecule has 9 heteroatoms. The summed E-state index contributed by atoms with van der Waals surface area (Å²) in [6.45, 7) is 6.72. The topological polar surface area (TPSA) is 110 Å². The summed E-state index contributed by atoms with van der Waals surface area (Å²) in [6, 6.07) is 9.19. The molecule has 3 aromatic rings. The van der Waals surface area contributed by atoms with Gasteiger partial charge in [-0.25, -0.2) is 0 Å². The van der Waals surface area contributed by atoms with Crippen LogP contribution in [0.1, 0.15) is 36.4 Å². The number of phenols is 1. The highest BCUT2D eigenvalue weighted by Crippen LogP contribution is 2.41. The maximum absolute atomic E-state index is 12.6. The fraction of sp³-hybridized carbons (Fsp3) is 0.464. The van der Waals surface area contributed by atoms with Gasteiger partial charge in [0, 0.05) is 29.2 Å². The molecule has 4 atom stereocenters. The summed E-state index contributed by atoms with van der Waals surface area (Å²) in [4.78, 5) is 18.1. The number of aromatic hydroxyl groups is 1. The monoisotopic (exact) mass is 504 g/mol. The van der Waals surface area contributed by atoms with Crippen LogP contribution in [0.5, 0.6) is 5.75 Å². The number of piperidine rings is 1. The van der Waals surface area contributed by atoms with Gasteiger partial charge in [0.05, 0.1) is 50.3 Å². The van der Waals surface area contributed by atoms with Crippen LogP contribution in [0.15, 0.2) is 43.0 Å². The van der Waals surface area contributed by atoms with Gasteiger partial charge in [-0.1, -0.05) is 18.7 Å². The zero-order valence-corrected chi connectivity index (χ0v) is 20.8. The van der Waals surface area contributed by atoms with Crippen molar-refractivity contribution in [1.82, 2.24) is 20.1 Å². The lowest BCUT2D eigenvalue weighted by atomic mass is 9.81. The Hall–Kier alpha value is -3.27. The molecule has 0 aliphatic carbocycles. The number of morpholine rings is 1. The van der Waals surface area contributed by atoms with E-state index < -0.39 is 0 Å². The number of fused-ring (bicyclic) bond motifs is 3. The number of aromatic nitrogens is 3. The van der Waals surface area contributed by atoms with E-state index in [1.807, 2.05) is 23.1 Å². The van der Waals surface area contributed by atoms with Gasteiger partial charge in [0.1, 0.15) is 5.75 Å². The Labute approximate surface area is 215 Å². The molecule has 3 aliphatic rings. The third-order valence-electron chi connectivity index (χ3n) is 7.83. The zero-order valence-electron chi connectivity index (χ0n) is 20.8. The molecule has 9 nitrogen and oxygen atoms in total. The number of carbonyl (C=O) groups excluding carboxylic acids is 1. The molecule has 0 saturated carbocycles. The molecule has 3 aliphatic heterocycles. The molecule has 1 amide bonds. The third-order valence-corrected chi connectivity index (χ3v) is 7.83. The Kier molecular flexibility index (Phi) is 6.67. The molecule has 194 valence electrons. The number of amides is 1. The predicted molar refractivity (Wildman–Crippen MR) is 137 cm³/mol. The Morgan fingerprint density at radius 2 is 2.00 bits per heavy atom. The lowest BCUT2D eigenvalue weighted by Crippen LogP contribution is -2.58. The van der Waals surface area contributed by atoms with Crippen LogP contribution < -0.4 is 0 Å². The van der Waals surface area contributed by atoms with Crippen molar-refractivity contribution < 1.29 is 24.1 Å². The van der Waals surface area contributed by atoms with Gasteiger partial charge < -0.3 is 29.2 Å². The standard InChI is InChI=1S/C28H32N4O5/c1-2-26(34)32-18-11-17(12-19(32)15-36-14-18)27-21(8-10-37-20-7-9-35-16-20)23-13-24(30-31-28(23)29-27)22-5-3-4-6-25(22)33/h2-6,13,17-20,33H,1,7-12,14-16H2,(H,29,31)/t17?,18-,19+,20-/m1/s1. The second kappa shape index (κ2) is 10.2. The third kappa shape index (κ3) is 4.63. The van der Waals surface area contributed by atoms with Crippen molar-refractivity contribution in [3.05, 3.63) is 54.2 Å². The van der Waals surface area contributed by atoms with Gasteiger partial charge in [-0.05, 0) is 55.5 Å². The highest BCUT2D eigenvalue weighted by Gasteiger charge is 2.42. The van der Waals surface area contributed by atoms with Gasteiger partial charge >= 0.3 is 0 Å². The Balaban J connectivity index is 1.35. The molecule has 2 N–H and O–H groups in total. The normalized spacial score (nSPS) is 25.5. The Bertz CT molecular complexity index is 1290. The number of nitrogens with one attached hydrogen (secondary N) is 1. The summed E-state index contributed by atoms with van der Waals surface area (Å²) >= 11 is 0. The Morgan fingerprint density at radius 3 is 2.73 bits per heavy atom. The summed E-state index contributed by atoms with van der Waals surface area (Å²) in [5.41, 5.74) is 4.28. The molecule has 6 rings (SSSR count). The second-order valence-corrected chi connectivity index (χ2v) is 10.1. The van der Waals surface area contributed by atoms with E-state index >= 15 is 0 Å². The highest BCUT2D eigenvalue weighted by atomic mass is 16.5. The predicted octanol–water partition coefficient (Wildman–Crippen LogP) is 3.34. The van der Waals surface area contributed by atoms with Gasteiger partial charge in [0.15, 0.2) is 5.65 Å². The van der Waals surface area contributed by atoms with Crippen LogP contribution in [0.2, 0.25) is 0 Å². The number of rotatable bonds is 7. The van der Waals surface area contributed by atoms with Crippen LogP contribution >= 0.6 is 0 Å². The first-order valence-corrected chi connectivity index (χ1v) is 13.0. The first-order valence-electron chi connectivity index (χ1n) is 13.0. The fourth-order valence-electron chi connectivity index (χ4n) is 6.09. The van der Waals surface area contributed by atoms with Crippen LogP contribution in [0.4, 0.5) is 0 Å². The van der Waals surface area contributed by atoms with Crippen molar-refractivity contribution in [3.8, 4) is 17.0 Å². The van der Waals surface area contributed by atoms with E-state index in [4.69, 9.17) is 14.2 Å². The quantitative estimate of drug-likeness (QED) is 0.475. The van der Waals surface area contributed by atoms with Crippen molar-refractivity contribution >= 4 is 16.9 Å². The molecule has 37 heavy (non-hydrogen) atoms. The lowest BCUT2D eigenvalue weighted by molar-refractivity contribution is -0.146. The summed E-state index contributed by atoms with van der Waals surface area (Å²) in [7, 11) is 0. The smallest absolute Gasteiger partial charge is 0.246 e. The number of hydrogen-bond acceptors (Lipinski definition) is 7. The number of nitrogens with zero attached hydrogens (tertiary/aromatic N) is 3. The molecule has 1 aromatic carbocycles. The van der Waals surface area contributed by atoms with Crippen molar-refractivity contribution in [1.29, 1.82) is 0 Å². The molecular weight excluding hydrogens is 472 g/mol. The molecular formula is C28H32N4O5. The van der Waals surface area contributed by atoms with E-state index in [1.165, 1.54) is 6.08 Å². The number of benzene rings is 1. The summed E-state index contributed by atoms with van der Waals surface area (Å²) in [6.07, 6.45) is 4.77. The molecule has 0 radical (unpaired) electrons. The van der Waals surface area contributed by atoms with Crippen LogP contribution in [-0.2, 0) is 25.4 Å². The highest BCUT2D eigenvalue weighted by molar-refractivity contribution is 5.88. The van der Waals surface area contributed by atoms with Crippen molar-refractivity contribution in [2.75, 3.05) is 33.0 Å². The molecule has 1 unspecified atom stereocenters. The molecule has 2 aromatic heterocycles. The largest absolute Gasteiger partial charge is 0.507 e. The van der Waals surface area contributed by atoms with Crippen molar-refractivity contribution in [2.24, 2.45) is 0 Å². The maximum Gasteiger partial charge on any atom is 0.246 e. The van der Waals surface area contributed by atoms with Gasteiger partial charge in [-0.3, -0.25) is 4.79 Å². The van der Waals surface area contributed by atoms with Crippen LogP contribution in [-0.4, -0.2) is 82.3 Å².